The monoisotopic (exact) mass is 179 g/mol. The van der Waals surface area contributed by atoms with E-state index < -0.39 is 4.92 Å². The molecule has 0 spiro atoms. The number of aromatic nitrogens is 4. The molecule has 0 amide bonds. The lowest BCUT2D eigenvalue weighted by Gasteiger charge is -1.92. The molecule has 0 unspecified atom stereocenters. The quantitative estimate of drug-likeness (QED) is 0.521. The number of pyridine rings is 1. The van der Waals surface area contributed by atoms with E-state index in [2.05, 4.69) is 20.4 Å². The molecular weight excluding hydrogens is 174 g/mol. The average Bonchev–Trinajstić information content (AvgIpc) is 2.49. The number of H-pyrrole nitrogens is 1. The van der Waals surface area contributed by atoms with Crippen LogP contribution in [0.3, 0.4) is 0 Å². The van der Waals surface area contributed by atoms with Gasteiger partial charge in [-0.3, -0.25) is 10.1 Å². The molecule has 2 aromatic rings. The van der Waals surface area contributed by atoms with Gasteiger partial charge in [0.1, 0.15) is 5.52 Å². The van der Waals surface area contributed by atoms with Crippen molar-refractivity contribution in [3.63, 3.8) is 0 Å². The molecule has 2 rings (SSSR count). The second-order valence-electron chi connectivity index (χ2n) is 2.50. The Morgan fingerprint density at radius 2 is 2.38 bits per heavy atom. The van der Waals surface area contributed by atoms with Crippen LogP contribution in [0.5, 0.6) is 0 Å². The van der Waals surface area contributed by atoms with Crippen LogP contribution in [0.15, 0.2) is 12.3 Å². The highest BCUT2D eigenvalue weighted by atomic mass is 16.6. The third kappa shape index (κ3) is 1.43. The molecule has 0 bridgehead atoms. The van der Waals surface area contributed by atoms with Crippen LogP contribution in [0.2, 0.25) is 0 Å². The van der Waals surface area contributed by atoms with Crippen molar-refractivity contribution in [3.05, 3.63) is 27.9 Å². The first-order chi connectivity index (χ1) is 6.25. The van der Waals surface area contributed by atoms with Gasteiger partial charge in [-0.25, -0.2) is 4.98 Å². The molecule has 13 heavy (non-hydrogen) atoms. The zero-order valence-electron chi connectivity index (χ0n) is 6.47. The minimum Gasteiger partial charge on any atom is -0.264 e. The fourth-order valence-electron chi connectivity index (χ4n) is 1.02. The van der Waals surface area contributed by atoms with Gasteiger partial charge in [-0.05, 0) is 6.07 Å². The Bertz CT molecular complexity index is 451. The molecule has 0 radical (unpaired) electrons. The van der Waals surface area contributed by atoms with Gasteiger partial charge in [-0.2, -0.15) is 10.3 Å². The Labute approximate surface area is 71.9 Å². The van der Waals surface area contributed by atoms with E-state index in [9.17, 15) is 10.1 Å². The van der Waals surface area contributed by atoms with Crippen LogP contribution in [-0.4, -0.2) is 25.3 Å². The number of nitrogens with one attached hydrogen (secondary N) is 1. The predicted octanol–water partition coefficient (Wildman–Crippen LogP) is 0.130. The van der Waals surface area contributed by atoms with Gasteiger partial charge in [0, 0.05) is 16.7 Å². The van der Waals surface area contributed by atoms with E-state index in [1.807, 2.05) is 0 Å². The number of fused-ring (bicyclic) bond motifs is 1. The van der Waals surface area contributed by atoms with Gasteiger partial charge >= 0.3 is 0 Å². The summed E-state index contributed by atoms with van der Waals surface area (Å²) in [6.45, 7) is -0.240. The SMILES string of the molecule is O=[N+]([O-])Cc1cnc2n[nH]nc2c1. The molecule has 0 aliphatic rings. The predicted molar refractivity (Wildman–Crippen MR) is 42.4 cm³/mol. The van der Waals surface area contributed by atoms with Crippen molar-refractivity contribution in [2.45, 2.75) is 6.54 Å². The normalized spacial score (nSPS) is 10.5. The van der Waals surface area contributed by atoms with E-state index >= 15 is 0 Å². The summed E-state index contributed by atoms with van der Waals surface area (Å²) in [7, 11) is 0. The third-order valence-corrected chi connectivity index (χ3v) is 1.54. The van der Waals surface area contributed by atoms with Crippen molar-refractivity contribution in [1.29, 1.82) is 0 Å². The lowest BCUT2D eigenvalue weighted by atomic mass is 10.3. The second kappa shape index (κ2) is 2.77. The maximum absolute atomic E-state index is 10.2. The third-order valence-electron chi connectivity index (χ3n) is 1.54. The molecule has 66 valence electrons. The number of rotatable bonds is 2. The van der Waals surface area contributed by atoms with Crippen LogP contribution in [0, 0.1) is 10.1 Å². The summed E-state index contributed by atoms with van der Waals surface area (Å²) < 4.78 is 0. The summed E-state index contributed by atoms with van der Waals surface area (Å²) in [5.74, 6) is 0. The van der Waals surface area contributed by atoms with Gasteiger partial charge in [0.2, 0.25) is 12.2 Å². The number of aromatic amines is 1. The summed E-state index contributed by atoms with van der Waals surface area (Å²) in [5.41, 5.74) is 1.53. The fourth-order valence-corrected chi connectivity index (χ4v) is 1.02. The van der Waals surface area contributed by atoms with Gasteiger partial charge in [0.15, 0.2) is 0 Å². The first-order valence-corrected chi connectivity index (χ1v) is 3.53. The van der Waals surface area contributed by atoms with E-state index in [0.717, 1.165) is 0 Å². The Hall–Kier alpha value is -2.05. The van der Waals surface area contributed by atoms with Crippen molar-refractivity contribution in [2.24, 2.45) is 0 Å². The van der Waals surface area contributed by atoms with Crippen LogP contribution in [0.25, 0.3) is 11.2 Å². The Balaban J connectivity index is 2.42. The molecule has 0 saturated heterocycles. The Morgan fingerprint density at radius 1 is 1.54 bits per heavy atom. The van der Waals surface area contributed by atoms with Gasteiger partial charge in [0.05, 0.1) is 0 Å². The molecule has 0 aliphatic heterocycles. The number of nitrogens with zero attached hydrogens (tertiary/aromatic N) is 4. The first-order valence-electron chi connectivity index (χ1n) is 3.53. The highest BCUT2D eigenvalue weighted by molar-refractivity contribution is 5.68. The van der Waals surface area contributed by atoms with Gasteiger partial charge in [-0.1, -0.05) is 0 Å². The molecule has 0 saturated carbocycles. The molecule has 1 N–H and O–H groups in total. The zero-order chi connectivity index (χ0) is 9.26. The smallest absolute Gasteiger partial charge is 0.230 e. The standard InChI is InChI=1S/C6H5N5O2/c12-11(13)3-4-1-5-6(7-2-4)9-10-8-5/h1-2H,3H2,(H,7,8,9,10). The van der Waals surface area contributed by atoms with Crippen LogP contribution in [-0.2, 0) is 6.54 Å². The molecule has 0 aliphatic carbocycles. The highest BCUT2D eigenvalue weighted by Crippen LogP contribution is 2.07. The Kier molecular flexibility index (Phi) is 1.62. The largest absolute Gasteiger partial charge is 0.264 e. The molecule has 0 atom stereocenters. The number of hydrogen-bond donors (Lipinski definition) is 1. The van der Waals surface area contributed by atoms with E-state index in [0.29, 0.717) is 16.7 Å². The van der Waals surface area contributed by atoms with Crippen LogP contribution in [0.4, 0.5) is 0 Å². The van der Waals surface area contributed by atoms with Gasteiger partial charge in [-0.15, -0.1) is 5.10 Å². The van der Waals surface area contributed by atoms with Gasteiger partial charge in [0.25, 0.3) is 0 Å². The summed E-state index contributed by atoms with van der Waals surface area (Å²) in [6, 6.07) is 1.59. The molecule has 7 heteroatoms. The van der Waals surface area contributed by atoms with E-state index in [-0.39, 0.29) is 6.54 Å². The molecular formula is C6H5N5O2. The fraction of sp³-hybridized carbons (Fsp3) is 0.167. The zero-order valence-corrected chi connectivity index (χ0v) is 6.47. The maximum atomic E-state index is 10.2. The molecule has 2 heterocycles. The number of hydrogen-bond acceptors (Lipinski definition) is 5. The van der Waals surface area contributed by atoms with Crippen LogP contribution in [0.1, 0.15) is 5.56 Å². The summed E-state index contributed by atoms with van der Waals surface area (Å²) >= 11 is 0. The molecule has 0 fully saturated rings. The van der Waals surface area contributed by atoms with Crippen molar-refractivity contribution < 1.29 is 4.92 Å². The maximum Gasteiger partial charge on any atom is 0.230 e. The first kappa shape index (κ1) is 7.59. The van der Waals surface area contributed by atoms with Crippen molar-refractivity contribution >= 4 is 11.2 Å². The second-order valence-corrected chi connectivity index (χ2v) is 2.50. The molecule has 0 aromatic carbocycles. The number of nitro groups is 1. The minimum atomic E-state index is -0.414. The van der Waals surface area contributed by atoms with Crippen LogP contribution < -0.4 is 0 Å². The highest BCUT2D eigenvalue weighted by Gasteiger charge is 2.05. The Morgan fingerprint density at radius 3 is 3.15 bits per heavy atom. The molecule has 7 nitrogen and oxygen atoms in total. The van der Waals surface area contributed by atoms with Crippen molar-refractivity contribution in [3.8, 4) is 0 Å². The average molecular weight is 179 g/mol. The van der Waals surface area contributed by atoms with E-state index in [1.165, 1.54) is 6.20 Å². The van der Waals surface area contributed by atoms with Gasteiger partial charge < -0.3 is 0 Å². The van der Waals surface area contributed by atoms with E-state index in [1.54, 1.807) is 6.07 Å². The lowest BCUT2D eigenvalue weighted by Crippen LogP contribution is -1.98. The lowest BCUT2D eigenvalue weighted by molar-refractivity contribution is -0.496. The topological polar surface area (TPSA) is 97.6 Å². The minimum absolute atomic E-state index is 0.240. The summed E-state index contributed by atoms with van der Waals surface area (Å²) in [4.78, 5) is 13.6. The van der Waals surface area contributed by atoms with Crippen molar-refractivity contribution in [2.75, 3.05) is 0 Å². The van der Waals surface area contributed by atoms with Crippen LogP contribution >= 0.6 is 0 Å². The molecule has 2 aromatic heterocycles. The summed E-state index contributed by atoms with van der Waals surface area (Å²) in [6.07, 6.45) is 1.42. The van der Waals surface area contributed by atoms with E-state index in [4.69, 9.17) is 0 Å². The van der Waals surface area contributed by atoms with Crippen molar-refractivity contribution in [1.82, 2.24) is 20.4 Å². The summed E-state index contributed by atoms with van der Waals surface area (Å²) in [5, 5.41) is 20.1.